The van der Waals surface area contributed by atoms with Gasteiger partial charge in [-0.05, 0) is 62.7 Å². The van der Waals surface area contributed by atoms with Gasteiger partial charge in [-0.2, -0.15) is 0 Å². The van der Waals surface area contributed by atoms with Crippen LogP contribution in [-0.4, -0.2) is 67.7 Å². The number of hydroxylamine groups is 1. The van der Waals surface area contributed by atoms with Gasteiger partial charge in [-0.3, -0.25) is 19.9 Å². The number of rotatable bonds is 11. The molecule has 3 aromatic rings. The second-order valence-corrected chi connectivity index (χ2v) is 11.2. The molecule has 1 unspecified atom stereocenters. The van der Waals surface area contributed by atoms with Crippen LogP contribution in [0.25, 0.3) is 10.9 Å². The number of aryl methyl sites for hydroxylation is 1. The van der Waals surface area contributed by atoms with E-state index in [0.29, 0.717) is 31.5 Å². The minimum atomic E-state index is -3.89. The first-order valence-electron chi connectivity index (χ1n) is 12.8. The first kappa shape index (κ1) is 27.9. The summed E-state index contributed by atoms with van der Waals surface area (Å²) in [5.74, 6) is -0.110. The molecule has 11 heteroatoms. The zero-order chi connectivity index (χ0) is 27.1. The zero-order valence-electron chi connectivity index (χ0n) is 21.7. The summed E-state index contributed by atoms with van der Waals surface area (Å²) in [5, 5.41) is 13.6. The molecule has 4 N–H and O–H groups in total. The second kappa shape index (κ2) is 12.6. The summed E-state index contributed by atoms with van der Waals surface area (Å²) in [6, 6.07) is 15.5. The number of carbonyl (C=O) groups is 1. The fourth-order valence-electron chi connectivity index (χ4n) is 4.83. The Kier molecular flexibility index (Phi) is 9.29. The number of carbonyl (C=O) groups excluding carboxylic acids is 1. The normalized spacial score (nSPS) is 15.9. The Morgan fingerprint density at radius 2 is 1.87 bits per heavy atom. The van der Waals surface area contributed by atoms with Crippen molar-refractivity contribution in [3.63, 3.8) is 0 Å². The van der Waals surface area contributed by atoms with Crippen molar-refractivity contribution < 1.29 is 23.2 Å². The molecule has 1 aliphatic heterocycles. The molecule has 0 spiro atoms. The lowest BCUT2D eigenvalue weighted by Crippen LogP contribution is -2.55. The summed E-state index contributed by atoms with van der Waals surface area (Å²) < 4.78 is 34.4. The SMILES string of the molecule is CCNC1CCN(C(CNS(=O)(=O)c2ccc(OCc3cc(C)nc4ccccc34)cc2)C(=O)NO)CC1. The van der Waals surface area contributed by atoms with Crippen LogP contribution >= 0.6 is 0 Å². The number of hydrogen-bond acceptors (Lipinski definition) is 8. The van der Waals surface area contributed by atoms with Crippen LogP contribution < -0.4 is 20.3 Å². The molecule has 1 atom stereocenters. The highest BCUT2D eigenvalue weighted by Gasteiger charge is 2.31. The fraction of sp³-hybridized carbons (Fsp3) is 0.407. The van der Waals surface area contributed by atoms with E-state index in [1.54, 1.807) is 17.6 Å². The van der Waals surface area contributed by atoms with Gasteiger partial charge in [0.25, 0.3) is 5.91 Å². The van der Waals surface area contributed by atoms with Crippen molar-refractivity contribution in [1.82, 2.24) is 25.4 Å². The van der Waals surface area contributed by atoms with Crippen LogP contribution in [-0.2, 0) is 21.4 Å². The van der Waals surface area contributed by atoms with Crippen LogP contribution in [0.2, 0.25) is 0 Å². The number of hydrogen-bond donors (Lipinski definition) is 4. The summed E-state index contributed by atoms with van der Waals surface area (Å²) in [5.41, 5.74) is 4.46. The molecule has 2 heterocycles. The van der Waals surface area contributed by atoms with E-state index < -0.39 is 22.0 Å². The van der Waals surface area contributed by atoms with Crippen LogP contribution in [0.3, 0.4) is 0 Å². The molecule has 2 aromatic carbocycles. The maximum atomic E-state index is 13.0. The third kappa shape index (κ3) is 6.86. The van der Waals surface area contributed by atoms with E-state index in [4.69, 9.17) is 4.74 Å². The van der Waals surface area contributed by atoms with Crippen LogP contribution in [0.1, 0.15) is 31.0 Å². The van der Waals surface area contributed by atoms with E-state index in [2.05, 4.69) is 15.0 Å². The first-order valence-corrected chi connectivity index (χ1v) is 14.3. The van der Waals surface area contributed by atoms with Crippen LogP contribution in [0.5, 0.6) is 5.75 Å². The standard InChI is InChI=1S/C27H35N5O5S/c1-3-28-21-12-14-32(15-13-21)26(27(33)31-34)17-29-38(35,36)23-10-8-22(9-11-23)37-18-20-16-19(2)30-25-7-5-4-6-24(20)25/h4-11,16,21,26,28-29,34H,3,12-15,17-18H2,1-2H3,(H,31,33). The van der Waals surface area contributed by atoms with E-state index in [1.807, 2.05) is 49.1 Å². The first-order chi connectivity index (χ1) is 18.3. The average Bonchev–Trinajstić information content (AvgIpc) is 2.92. The molecule has 0 radical (unpaired) electrons. The summed E-state index contributed by atoms with van der Waals surface area (Å²) in [4.78, 5) is 18.8. The van der Waals surface area contributed by atoms with Crippen LogP contribution in [0, 0.1) is 6.92 Å². The molecular formula is C27H35N5O5S. The van der Waals surface area contributed by atoms with Gasteiger partial charge in [0.05, 0.1) is 10.4 Å². The summed E-state index contributed by atoms with van der Waals surface area (Å²) in [6.45, 7) is 6.25. The number of fused-ring (bicyclic) bond motifs is 1. The van der Waals surface area contributed by atoms with Crippen molar-refractivity contribution in [3.8, 4) is 5.75 Å². The highest BCUT2D eigenvalue weighted by Crippen LogP contribution is 2.22. The van der Waals surface area contributed by atoms with E-state index in [9.17, 15) is 18.4 Å². The topological polar surface area (TPSA) is 133 Å². The molecule has 1 fully saturated rings. The number of aromatic nitrogens is 1. The van der Waals surface area contributed by atoms with Gasteiger partial charge in [0.15, 0.2) is 0 Å². The molecule has 4 rings (SSSR count). The smallest absolute Gasteiger partial charge is 0.262 e. The Hall–Kier alpha value is -3.09. The minimum Gasteiger partial charge on any atom is -0.489 e. The van der Waals surface area contributed by atoms with E-state index in [0.717, 1.165) is 41.5 Å². The molecule has 1 aliphatic rings. The number of sulfonamides is 1. The molecule has 1 aromatic heterocycles. The maximum Gasteiger partial charge on any atom is 0.262 e. The largest absolute Gasteiger partial charge is 0.489 e. The Bertz CT molecular complexity index is 1340. The average molecular weight is 542 g/mol. The number of pyridine rings is 1. The quantitative estimate of drug-likeness (QED) is 0.215. The number of amides is 1. The maximum absolute atomic E-state index is 13.0. The van der Waals surface area contributed by atoms with Gasteiger partial charge in [0.1, 0.15) is 18.4 Å². The van der Waals surface area contributed by atoms with E-state index in [1.165, 1.54) is 12.1 Å². The number of nitrogens with one attached hydrogen (secondary N) is 3. The minimum absolute atomic E-state index is 0.0593. The van der Waals surface area contributed by atoms with Gasteiger partial charge in [-0.15, -0.1) is 0 Å². The monoisotopic (exact) mass is 541 g/mol. The van der Waals surface area contributed by atoms with Gasteiger partial charge in [0, 0.05) is 42.3 Å². The molecule has 1 saturated heterocycles. The van der Waals surface area contributed by atoms with Gasteiger partial charge in [-0.1, -0.05) is 25.1 Å². The number of nitrogens with zero attached hydrogens (tertiary/aromatic N) is 2. The molecular weight excluding hydrogens is 506 g/mol. The van der Waals surface area contributed by atoms with E-state index in [-0.39, 0.29) is 11.4 Å². The molecule has 0 saturated carbocycles. The number of para-hydroxylation sites is 1. The van der Waals surface area contributed by atoms with Crippen molar-refractivity contribution in [2.45, 2.75) is 50.3 Å². The molecule has 0 bridgehead atoms. The Labute approximate surface area is 223 Å². The lowest BCUT2D eigenvalue weighted by atomic mass is 10.0. The number of piperidine rings is 1. The van der Waals surface area contributed by atoms with Gasteiger partial charge < -0.3 is 10.1 Å². The van der Waals surface area contributed by atoms with Crippen molar-refractivity contribution in [1.29, 1.82) is 0 Å². The molecule has 38 heavy (non-hydrogen) atoms. The van der Waals surface area contributed by atoms with Crippen molar-refractivity contribution in [3.05, 3.63) is 65.9 Å². The lowest BCUT2D eigenvalue weighted by molar-refractivity contribution is -0.135. The number of benzene rings is 2. The van der Waals surface area contributed by atoms with Crippen molar-refractivity contribution in [2.24, 2.45) is 0 Å². The molecule has 0 aliphatic carbocycles. The Balaban J connectivity index is 1.38. The predicted octanol–water partition coefficient (Wildman–Crippen LogP) is 2.35. The van der Waals surface area contributed by atoms with Crippen molar-refractivity contribution in [2.75, 3.05) is 26.2 Å². The Morgan fingerprint density at radius 1 is 1.16 bits per heavy atom. The second-order valence-electron chi connectivity index (χ2n) is 9.41. The Morgan fingerprint density at radius 3 is 2.55 bits per heavy atom. The number of ether oxygens (including phenoxy) is 1. The summed E-state index contributed by atoms with van der Waals surface area (Å²) in [7, 11) is -3.89. The van der Waals surface area contributed by atoms with Gasteiger partial charge in [0.2, 0.25) is 10.0 Å². The highest BCUT2D eigenvalue weighted by atomic mass is 32.2. The van der Waals surface area contributed by atoms with Crippen molar-refractivity contribution >= 4 is 26.8 Å². The fourth-order valence-corrected chi connectivity index (χ4v) is 5.87. The highest BCUT2D eigenvalue weighted by molar-refractivity contribution is 7.89. The van der Waals surface area contributed by atoms with Gasteiger partial charge in [-0.25, -0.2) is 18.6 Å². The van der Waals surface area contributed by atoms with Crippen LogP contribution in [0.15, 0.2) is 59.5 Å². The number of likely N-dealkylation sites (tertiary alicyclic amines) is 1. The predicted molar refractivity (Wildman–Crippen MR) is 144 cm³/mol. The third-order valence-corrected chi connectivity index (χ3v) is 8.24. The third-order valence-electron chi connectivity index (χ3n) is 6.80. The zero-order valence-corrected chi connectivity index (χ0v) is 22.5. The summed E-state index contributed by atoms with van der Waals surface area (Å²) in [6.07, 6.45) is 1.68. The lowest BCUT2D eigenvalue weighted by Gasteiger charge is -2.36. The van der Waals surface area contributed by atoms with E-state index >= 15 is 0 Å². The molecule has 10 nitrogen and oxygen atoms in total. The molecule has 1 amide bonds. The van der Waals surface area contributed by atoms with Gasteiger partial charge >= 0.3 is 0 Å². The van der Waals surface area contributed by atoms with Crippen LogP contribution in [0.4, 0.5) is 0 Å². The molecule has 204 valence electrons. The summed E-state index contributed by atoms with van der Waals surface area (Å²) >= 11 is 0.